The molecule has 0 saturated carbocycles. The topological polar surface area (TPSA) is 65.6 Å². The molecule has 0 spiro atoms. The van der Waals surface area contributed by atoms with Crippen LogP contribution in [-0.4, -0.2) is 65.5 Å². The molecule has 2 fully saturated rings. The molecule has 1 N–H and O–H groups in total. The summed E-state index contributed by atoms with van der Waals surface area (Å²) in [6.07, 6.45) is 3.81. The van der Waals surface area contributed by atoms with E-state index in [9.17, 15) is 9.59 Å². The van der Waals surface area contributed by atoms with Gasteiger partial charge in [0.25, 0.3) is 5.91 Å². The first-order chi connectivity index (χ1) is 12.2. The molecule has 4 rings (SSSR count). The first-order valence-corrected chi connectivity index (χ1v) is 8.95. The van der Waals surface area contributed by atoms with E-state index in [0.717, 1.165) is 29.3 Å². The number of nitrogens with zero attached hydrogens (tertiary/aromatic N) is 2. The third-order valence-corrected chi connectivity index (χ3v) is 5.17. The van der Waals surface area contributed by atoms with Crippen LogP contribution in [0.1, 0.15) is 18.4 Å². The number of para-hydroxylation sites is 1. The van der Waals surface area contributed by atoms with Crippen LogP contribution in [-0.2, 0) is 20.7 Å². The fraction of sp³-hybridized carbons (Fsp3) is 0.474. The normalized spacial score (nSPS) is 21.0. The summed E-state index contributed by atoms with van der Waals surface area (Å²) in [4.78, 5) is 31.9. The lowest BCUT2D eigenvalue weighted by molar-refractivity contribution is -0.145. The van der Waals surface area contributed by atoms with Gasteiger partial charge in [0.1, 0.15) is 6.10 Å². The lowest BCUT2D eigenvalue weighted by atomic mass is 10.1. The van der Waals surface area contributed by atoms with Gasteiger partial charge in [-0.1, -0.05) is 18.2 Å². The molecular weight excluding hydrogens is 318 g/mol. The molecule has 1 atom stereocenters. The van der Waals surface area contributed by atoms with Crippen molar-refractivity contribution >= 4 is 22.7 Å². The van der Waals surface area contributed by atoms with Crippen molar-refractivity contribution in [1.82, 2.24) is 14.8 Å². The number of benzene rings is 1. The van der Waals surface area contributed by atoms with Gasteiger partial charge in [-0.15, -0.1) is 0 Å². The van der Waals surface area contributed by atoms with E-state index < -0.39 is 0 Å². The zero-order valence-electron chi connectivity index (χ0n) is 14.2. The zero-order valence-corrected chi connectivity index (χ0v) is 14.2. The molecule has 1 unspecified atom stereocenters. The largest absolute Gasteiger partial charge is 0.368 e. The summed E-state index contributed by atoms with van der Waals surface area (Å²) in [5.74, 6) is 0.204. The maximum atomic E-state index is 12.6. The number of aromatic amines is 1. The predicted octanol–water partition coefficient (Wildman–Crippen LogP) is 1.56. The average Bonchev–Trinajstić information content (AvgIpc) is 3.32. The number of rotatable bonds is 3. The first-order valence-electron chi connectivity index (χ1n) is 8.95. The highest BCUT2D eigenvalue weighted by Crippen LogP contribution is 2.20. The van der Waals surface area contributed by atoms with Gasteiger partial charge in [-0.05, 0) is 24.5 Å². The van der Waals surface area contributed by atoms with Crippen molar-refractivity contribution < 1.29 is 14.3 Å². The van der Waals surface area contributed by atoms with E-state index in [2.05, 4.69) is 4.98 Å². The lowest BCUT2D eigenvalue weighted by Gasteiger charge is -2.35. The van der Waals surface area contributed by atoms with Crippen LogP contribution in [0.15, 0.2) is 30.5 Å². The number of aromatic nitrogens is 1. The minimum absolute atomic E-state index is 0.0845. The van der Waals surface area contributed by atoms with Crippen molar-refractivity contribution in [1.29, 1.82) is 0 Å². The van der Waals surface area contributed by atoms with Crippen molar-refractivity contribution in [2.45, 2.75) is 25.4 Å². The van der Waals surface area contributed by atoms with Gasteiger partial charge in [0, 0.05) is 49.9 Å². The number of H-pyrrole nitrogens is 1. The molecule has 2 amide bonds. The SMILES string of the molecule is O=C(Cc1c[nH]c2ccccc12)N1CCN(C(=O)C2CCCO2)CC1. The zero-order chi connectivity index (χ0) is 17.2. The van der Waals surface area contributed by atoms with Crippen LogP contribution >= 0.6 is 0 Å². The van der Waals surface area contributed by atoms with E-state index in [1.54, 1.807) is 0 Å². The lowest BCUT2D eigenvalue weighted by Crippen LogP contribution is -2.53. The number of fused-ring (bicyclic) bond motifs is 1. The average molecular weight is 341 g/mol. The highest BCUT2D eigenvalue weighted by molar-refractivity contribution is 5.89. The van der Waals surface area contributed by atoms with Crippen molar-refractivity contribution in [3.8, 4) is 0 Å². The van der Waals surface area contributed by atoms with Gasteiger partial charge in [0.2, 0.25) is 5.91 Å². The van der Waals surface area contributed by atoms with E-state index in [1.807, 2.05) is 40.3 Å². The van der Waals surface area contributed by atoms with Crippen molar-refractivity contribution in [2.24, 2.45) is 0 Å². The van der Waals surface area contributed by atoms with E-state index >= 15 is 0 Å². The second-order valence-electron chi connectivity index (χ2n) is 6.74. The third kappa shape index (κ3) is 3.26. The van der Waals surface area contributed by atoms with Gasteiger partial charge in [0.15, 0.2) is 0 Å². The van der Waals surface area contributed by atoms with Gasteiger partial charge in [-0.25, -0.2) is 0 Å². The fourth-order valence-corrected chi connectivity index (χ4v) is 3.70. The first kappa shape index (κ1) is 16.1. The molecule has 6 heteroatoms. The Hall–Kier alpha value is -2.34. The molecule has 2 aliphatic rings. The Morgan fingerprint density at radius 3 is 2.64 bits per heavy atom. The second-order valence-corrected chi connectivity index (χ2v) is 6.74. The summed E-state index contributed by atoms with van der Waals surface area (Å²) in [7, 11) is 0. The molecular formula is C19H23N3O3. The van der Waals surface area contributed by atoms with Gasteiger partial charge in [0.05, 0.1) is 6.42 Å². The van der Waals surface area contributed by atoms with Crippen LogP contribution in [0.5, 0.6) is 0 Å². The Labute approximate surface area is 146 Å². The molecule has 1 aromatic carbocycles. The van der Waals surface area contributed by atoms with Crippen LogP contribution in [0.3, 0.4) is 0 Å². The number of hydrogen-bond acceptors (Lipinski definition) is 3. The number of hydrogen-bond donors (Lipinski definition) is 1. The second kappa shape index (κ2) is 6.88. The fourth-order valence-electron chi connectivity index (χ4n) is 3.70. The molecule has 0 bridgehead atoms. The number of nitrogens with one attached hydrogen (secondary N) is 1. The number of carbonyl (C=O) groups is 2. The number of carbonyl (C=O) groups excluding carboxylic acids is 2. The highest BCUT2D eigenvalue weighted by atomic mass is 16.5. The Bertz CT molecular complexity index is 771. The van der Waals surface area contributed by atoms with Gasteiger partial charge in [-0.2, -0.15) is 0 Å². The molecule has 2 aromatic rings. The summed E-state index contributed by atoms with van der Waals surface area (Å²) in [5.41, 5.74) is 2.08. The Balaban J connectivity index is 1.34. The van der Waals surface area contributed by atoms with Gasteiger partial charge in [-0.3, -0.25) is 9.59 Å². The summed E-state index contributed by atoms with van der Waals surface area (Å²) >= 11 is 0. The Morgan fingerprint density at radius 1 is 1.12 bits per heavy atom. The molecule has 25 heavy (non-hydrogen) atoms. The molecule has 0 aliphatic carbocycles. The van der Waals surface area contributed by atoms with Crippen molar-refractivity contribution in [3.05, 3.63) is 36.0 Å². The quantitative estimate of drug-likeness (QED) is 0.921. The van der Waals surface area contributed by atoms with Crippen LogP contribution in [0.2, 0.25) is 0 Å². The van der Waals surface area contributed by atoms with Crippen molar-refractivity contribution in [2.75, 3.05) is 32.8 Å². The van der Waals surface area contributed by atoms with E-state index in [4.69, 9.17) is 4.74 Å². The van der Waals surface area contributed by atoms with E-state index in [-0.39, 0.29) is 17.9 Å². The monoisotopic (exact) mass is 341 g/mol. The molecule has 2 saturated heterocycles. The molecule has 3 heterocycles. The maximum Gasteiger partial charge on any atom is 0.251 e. The molecule has 0 radical (unpaired) electrons. The summed E-state index contributed by atoms with van der Waals surface area (Å²) in [6, 6.07) is 8.01. The highest BCUT2D eigenvalue weighted by Gasteiger charge is 2.31. The van der Waals surface area contributed by atoms with Crippen LogP contribution in [0.4, 0.5) is 0 Å². The predicted molar refractivity (Wildman–Crippen MR) is 94.1 cm³/mol. The van der Waals surface area contributed by atoms with Crippen LogP contribution < -0.4 is 0 Å². The number of piperazine rings is 1. The van der Waals surface area contributed by atoms with Crippen LogP contribution in [0, 0.1) is 0 Å². The third-order valence-electron chi connectivity index (χ3n) is 5.17. The Morgan fingerprint density at radius 2 is 1.88 bits per heavy atom. The standard InChI is InChI=1S/C19H23N3O3/c23-18(12-14-13-20-16-5-2-1-4-15(14)16)21-7-9-22(10-8-21)19(24)17-6-3-11-25-17/h1-2,4-5,13,17,20H,3,6-12H2. The molecule has 2 aliphatic heterocycles. The van der Waals surface area contributed by atoms with E-state index in [0.29, 0.717) is 39.2 Å². The number of ether oxygens (including phenoxy) is 1. The minimum atomic E-state index is -0.270. The Kier molecular flexibility index (Phi) is 4.44. The summed E-state index contributed by atoms with van der Waals surface area (Å²) in [6.45, 7) is 3.06. The van der Waals surface area contributed by atoms with Crippen LogP contribution in [0.25, 0.3) is 10.9 Å². The smallest absolute Gasteiger partial charge is 0.251 e. The van der Waals surface area contributed by atoms with Crippen molar-refractivity contribution in [3.63, 3.8) is 0 Å². The molecule has 132 valence electrons. The van der Waals surface area contributed by atoms with Gasteiger partial charge >= 0.3 is 0 Å². The molecule has 1 aromatic heterocycles. The number of amides is 2. The van der Waals surface area contributed by atoms with Gasteiger partial charge < -0.3 is 19.5 Å². The summed E-state index contributed by atoms with van der Waals surface area (Å²) < 4.78 is 5.48. The molecule has 6 nitrogen and oxygen atoms in total. The van der Waals surface area contributed by atoms with E-state index in [1.165, 1.54) is 0 Å². The maximum absolute atomic E-state index is 12.6. The summed E-state index contributed by atoms with van der Waals surface area (Å²) in [5, 5.41) is 1.10. The minimum Gasteiger partial charge on any atom is -0.368 e.